The molecule has 0 radical (unpaired) electrons. The highest BCUT2D eigenvalue weighted by Crippen LogP contribution is 2.60. The number of alkyl halides is 2. The maximum absolute atomic E-state index is 13.0. The van der Waals surface area contributed by atoms with E-state index in [0.29, 0.717) is 5.69 Å². The number of nitrogens with zero attached hydrogens (tertiary/aromatic N) is 1. The van der Waals surface area contributed by atoms with Crippen LogP contribution in [0.4, 0.5) is 10.1 Å². The molecule has 1 heterocycles. The van der Waals surface area contributed by atoms with Crippen molar-refractivity contribution in [2.24, 2.45) is 23.7 Å². The topological polar surface area (TPSA) is 66.5 Å². The Morgan fingerprint density at radius 3 is 2.12 bits per heavy atom. The summed E-state index contributed by atoms with van der Waals surface area (Å²) in [5.41, 5.74) is 0.420. The van der Waals surface area contributed by atoms with Crippen molar-refractivity contribution in [1.29, 1.82) is 0 Å². The lowest BCUT2D eigenvalue weighted by atomic mass is 9.81. The number of nitrogens with one attached hydrogen (secondary N) is 1. The van der Waals surface area contributed by atoms with Crippen LogP contribution in [0.25, 0.3) is 0 Å². The molecule has 0 aromatic heterocycles. The number of likely N-dealkylation sites (tertiary alicyclic amines) is 1. The van der Waals surface area contributed by atoms with E-state index in [2.05, 4.69) is 37.2 Å². The number of carbonyl (C=O) groups is 3. The number of imide groups is 1. The monoisotopic (exact) mass is 486 g/mol. The van der Waals surface area contributed by atoms with E-state index in [9.17, 15) is 18.8 Å². The molecule has 3 aliphatic rings. The quantitative estimate of drug-likeness (QED) is 0.526. The van der Waals surface area contributed by atoms with Crippen LogP contribution in [0.5, 0.6) is 0 Å². The molecular formula is C18H17Br2FN2O3. The number of amides is 3. The SMILES string of the molecule is C[C@H](C(=O)Nc1ccc(F)cc1)N1C(=O)[C@@H]2[C@H]3C[C@@H]([C@H](Br)[C@H]3Br)[C@H]2C1=O. The van der Waals surface area contributed by atoms with Gasteiger partial charge in [0.15, 0.2) is 0 Å². The summed E-state index contributed by atoms with van der Waals surface area (Å²) in [6.07, 6.45) is 0.850. The molecular weight excluding hydrogens is 471 g/mol. The van der Waals surface area contributed by atoms with E-state index in [1.165, 1.54) is 24.3 Å². The lowest BCUT2D eigenvalue weighted by molar-refractivity contribution is -0.146. The molecule has 3 amide bonds. The predicted octanol–water partition coefficient (Wildman–Crippen LogP) is 2.93. The van der Waals surface area contributed by atoms with Crippen molar-refractivity contribution in [3.63, 3.8) is 0 Å². The molecule has 0 spiro atoms. The molecule has 1 saturated heterocycles. The molecule has 4 rings (SSSR count). The predicted molar refractivity (Wildman–Crippen MR) is 100 cm³/mol. The average Bonchev–Trinajstić information content (AvgIpc) is 3.21. The second kappa shape index (κ2) is 6.41. The van der Waals surface area contributed by atoms with E-state index in [1.54, 1.807) is 6.92 Å². The Morgan fingerprint density at radius 2 is 1.62 bits per heavy atom. The minimum absolute atomic E-state index is 0.114. The first kappa shape index (κ1) is 18.1. The number of fused-ring (bicyclic) bond motifs is 5. The summed E-state index contributed by atoms with van der Waals surface area (Å²) in [6.45, 7) is 1.55. The van der Waals surface area contributed by atoms with Gasteiger partial charge >= 0.3 is 0 Å². The maximum Gasteiger partial charge on any atom is 0.247 e. The van der Waals surface area contributed by atoms with Crippen molar-refractivity contribution in [3.05, 3.63) is 30.1 Å². The van der Waals surface area contributed by atoms with Crippen LogP contribution >= 0.6 is 31.9 Å². The smallest absolute Gasteiger partial charge is 0.247 e. The molecule has 1 N–H and O–H groups in total. The fourth-order valence-electron chi connectivity index (χ4n) is 4.65. The molecule has 2 saturated carbocycles. The first-order chi connectivity index (χ1) is 12.3. The Bertz CT molecular complexity index is 755. The van der Waals surface area contributed by atoms with Gasteiger partial charge in [0, 0.05) is 15.3 Å². The van der Waals surface area contributed by atoms with Crippen LogP contribution in [0, 0.1) is 29.5 Å². The van der Waals surface area contributed by atoms with Crippen molar-refractivity contribution in [1.82, 2.24) is 4.90 Å². The molecule has 2 bridgehead atoms. The average molecular weight is 488 g/mol. The molecule has 0 unspecified atom stereocenters. The highest BCUT2D eigenvalue weighted by Gasteiger charge is 2.67. The molecule has 2 aliphatic carbocycles. The molecule has 7 atom stereocenters. The fourth-order valence-corrected chi connectivity index (χ4v) is 6.52. The summed E-state index contributed by atoms with van der Waals surface area (Å²) in [6, 6.07) is 4.44. The molecule has 8 heteroatoms. The Kier molecular flexibility index (Phi) is 4.46. The van der Waals surface area contributed by atoms with Crippen molar-refractivity contribution in [2.75, 3.05) is 5.32 Å². The van der Waals surface area contributed by atoms with Gasteiger partial charge in [0.2, 0.25) is 17.7 Å². The molecule has 1 aromatic carbocycles. The van der Waals surface area contributed by atoms with Gasteiger partial charge in [-0.3, -0.25) is 19.3 Å². The number of hydrogen-bond donors (Lipinski definition) is 1. The van der Waals surface area contributed by atoms with Crippen molar-refractivity contribution in [2.45, 2.75) is 29.0 Å². The van der Waals surface area contributed by atoms with Crippen molar-refractivity contribution in [3.8, 4) is 0 Å². The van der Waals surface area contributed by atoms with Gasteiger partial charge in [-0.2, -0.15) is 0 Å². The Hall–Kier alpha value is -1.28. The number of hydrogen-bond acceptors (Lipinski definition) is 3. The highest BCUT2D eigenvalue weighted by atomic mass is 79.9. The van der Waals surface area contributed by atoms with E-state index in [0.717, 1.165) is 11.3 Å². The first-order valence-electron chi connectivity index (χ1n) is 8.52. The lowest BCUT2D eigenvalue weighted by Gasteiger charge is -2.28. The molecule has 26 heavy (non-hydrogen) atoms. The summed E-state index contributed by atoms with van der Waals surface area (Å²) in [4.78, 5) is 39.8. The second-order valence-electron chi connectivity index (χ2n) is 7.22. The molecule has 1 aliphatic heterocycles. The third kappa shape index (κ3) is 2.56. The second-order valence-corrected chi connectivity index (χ2v) is 9.34. The van der Waals surface area contributed by atoms with Crippen LogP contribution in [-0.4, -0.2) is 38.3 Å². The van der Waals surface area contributed by atoms with Crippen LogP contribution in [-0.2, 0) is 14.4 Å². The minimum Gasteiger partial charge on any atom is -0.324 e. The van der Waals surface area contributed by atoms with Gasteiger partial charge in [-0.1, -0.05) is 31.9 Å². The van der Waals surface area contributed by atoms with E-state index < -0.39 is 17.8 Å². The zero-order chi connectivity index (χ0) is 18.7. The molecule has 5 nitrogen and oxygen atoms in total. The number of rotatable bonds is 3. The van der Waals surface area contributed by atoms with Gasteiger partial charge in [-0.25, -0.2) is 4.39 Å². The Morgan fingerprint density at radius 1 is 1.12 bits per heavy atom. The third-order valence-corrected chi connectivity index (χ3v) is 9.11. The van der Waals surface area contributed by atoms with Gasteiger partial charge in [-0.15, -0.1) is 0 Å². The number of carbonyl (C=O) groups excluding carboxylic acids is 3. The standard InChI is InChI=1S/C18H17Br2FN2O3/c1-7(16(24)22-9-4-2-8(21)3-5-9)23-17(25)12-10-6-11(13(12)18(23)26)15(20)14(10)19/h2-5,7,10-15H,6H2,1H3,(H,22,24)/t7-,10-,11-,12-,13-,14+,15+/m1/s1. The van der Waals surface area contributed by atoms with Crippen molar-refractivity contribution >= 4 is 55.3 Å². The van der Waals surface area contributed by atoms with Gasteiger partial charge < -0.3 is 5.32 Å². The van der Waals surface area contributed by atoms with Crippen molar-refractivity contribution < 1.29 is 18.8 Å². The molecule has 3 fully saturated rings. The zero-order valence-corrected chi connectivity index (χ0v) is 17.0. The Balaban J connectivity index is 1.53. The van der Waals surface area contributed by atoms with Crippen LogP contribution in [0.1, 0.15) is 13.3 Å². The minimum atomic E-state index is -0.910. The largest absolute Gasteiger partial charge is 0.324 e. The first-order valence-corrected chi connectivity index (χ1v) is 10.4. The van der Waals surface area contributed by atoms with Gasteiger partial charge in [0.1, 0.15) is 11.9 Å². The van der Waals surface area contributed by atoms with E-state index in [1.807, 2.05) is 0 Å². The Labute approximate surface area is 166 Å². The normalized spacial score (nSPS) is 36.4. The zero-order valence-electron chi connectivity index (χ0n) is 13.9. The van der Waals surface area contributed by atoms with E-state index >= 15 is 0 Å². The van der Waals surface area contributed by atoms with E-state index in [4.69, 9.17) is 0 Å². The summed E-state index contributed by atoms with van der Waals surface area (Å²) >= 11 is 7.28. The lowest BCUT2D eigenvalue weighted by Crippen LogP contribution is -2.46. The van der Waals surface area contributed by atoms with Crippen LogP contribution in [0.3, 0.4) is 0 Å². The number of halogens is 3. The number of benzene rings is 1. The van der Waals surface area contributed by atoms with Gasteiger partial charge in [-0.05, 0) is 49.4 Å². The fraction of sp³-hybridized carbons (Fsp3) is 0.500. The van der Waals surface area contributed by atoms with Gasteiger partial charge in [0.25, 0.3) is 0 Å². The van der Waals surface area contributed by atoms with Crippen LogP contribution in [0.2, 0.25) is 0 Å². The maximum atomic E-state index is 13.0. The summed E-state index contributed by atoms with van der Waals surface area (Å²) in [7, 11) is 0. The van der Waals surface area contributed by atoms with E-state index in [-0.39, 0.29) is 45.1 Å². The third-order valence-electron chi connectivity index (χ3n) is 5.90. The van der Waals surface area contributed by atoms with Gasteiger partial charge in [0.05, 0.1) is 11.8 Å². The summed E-state index contributed by atoms with van der Waals surface area (Å²) in [5, 5.41) is 2.64. The van der Waals surface area contributed by atoms with Crippen LogP contribution in [0.15, 0.2) is 24.3 Å². The number of anilines is 1. The molecule has 138 valence electrons. The summed E-state index contributed by atoms with van der Waals surface area (Å²) in [5.74, 6) is -1.82. The van der Waals surface area contributed by atoms with Crippen LogP contribution < -0.4 is 5.32 Å². The highest BCUT2D eigenvalue weighted by molar-refractivity contribution is 9.12. The summed E-state index contributed by atoms with van der Waals surface area (Å²) < 4.78 is 13.0. The molecule has 1 aromatic rings.